The summed E-state index contributed by atoms with van der Waals surface area (Å²) in [6.45, 7) is 1.73. The van der Waals surface area contributed by atoms with Gasteiger partial charge in [-0.25, -0.2) is 0 Å². The number of ether oxygens (including phenoxy) is 1. The predicted octanol–water partition coefficient (Wildman–Crippen LogP) is 4.81. The molecule has 0 radical (unpaired) electrons. The number of carbonyl (C=O) groups is 2. The molecule has 142 valence electrons. The first-order valence-electron chi connectivity index (χ1n) is 8.69. The van der Waals surface area contributed by atoms with Gasteiger partial charge in [0.15, 0.2) is 0 Å². The molecule has 6 heteroatoms. The number of amides is 2. The number of hydrogen-bond donors (Lipinski definition) is 2. The van der Waals surface area contributed by atoms with E-state index < -0.39 is 0 Å². The Labute approximate surface area is 168 Å². The van der Waals surface area contributed by atoms with Crippen molar-refractivity contribution in [2.24, 2.45) is 0 Å². The van der Waals surface area contributed by atoms with Crippen LogP contribution in [0.1, 0.15) is 15.9 Å². The van der Waals surface area contributed by atoms with Crippen LogP contribution in [0.5, 0.6) is 11.5 Å². The molecule has 0 bridgehead atoms. The predicted molar refractivity (Wildman–Crippen MR) is 110 cm³/mol. The zero-order valence-electron chi connectivity index (χ0n) is 15.2. The molecule has 0 spiro atoms. The topological polar surface area (TPSA) is 67.4 Å². The minimum Gasteiger partial charge on any atom is -0.456 e. The van der Waals surface area contributed by atoms with Gasteiger partial charge in [0.25, 0.3) is 5.91 Å². The highest BCUT2D eigenvalue weighted by atomic mass is 35.5. The Morgan fingerprint density at radius 1 is 0.929 bits per heavy atom. The van der Waals surface area contributed by atoms with Gasteiger partial charge in [0.2, 0.25) is 5.91 Å². The van der Waals surface area contributed by atoms with Gasteiger partial charge in [-0.2, -0.15) is 0 Å². The molecule has 3 aromatic carbocycles. The molecule has 28 heavy (non-hydrogen) atoms. The number of anilines is 1. The minimum absolute atomic E-state index is 0.120. The maximum Gasteiger partial charge on any atom is 0.251 e. The molecule has 0 aromatic heterocycles. The molecule has 3 aromatic rings. The van der Waals surface area contributed by atoms with Crippen LogP contribution < -0.4 is 15.4 Å². The van der Waals surface area contributed by atoms with Crippen LogP contribution in [0.15, 0.2) is 72.8 Å². The Morgan fingerprint density at radius 3 is 2.32 bits per heavy atom. The van der Waals surface area contributed by atoms with E-state index in [0.717, 1.165) is 5.56 Å². The van der Waals surface area contributed by atoms with Crippen molar-refractivity contribution in [1.29, 1.82) is 0 Å². The van der Waals surface area contributed by atoms with E-state index in [2.05, 4.69) is 10.6 Å². The van der Waals surface area contributed by atoms with Crippen LogP contribution in [0.25, 0.3) is 0 Å². The second kappa shape index (κ2) is 9.06. The minimum atomic E-state index is -0.318. The molecular formula is C22H19ClN2O3. The first-order valence-corrected chi connectivity index (χ1v) is 9.07. The van der Waals surface area contributed by atoms with Crippen molar-refractivity contribution < 1.29 is 14.3 Å². The van der Waals surface area contributed by atoms with E-state index in [1.807, 2.05) is 31.2 Å². The third-order valence-corrected chi connectivity index (χ3v) is 4.31. The number of benzene rings is 3. The van der Waals surface area contributed by atoms with Gasteiger partial charge in [0.1, 0.15) is 11.5 Å². The van der Waals surface area contributed by atoms with Crippen molar-refractivity contribution in [3.8, 4) is 11.5 Å². The Balaban J connectivity index is 1.52. The summed E-state index contributed by atoms with van der Waals surface area (Å²) in [5, 5.41) is 5.87. The van der Waals surface area contributed by atoms with Gasteiger partial charge in [0, 0.05) is 11.3 Å². The molecule has 5 nitrogen and oxygen atoms in total. The number of rotatable bonds is 6. The Kier molecular flexibility index (Phi) is 6.29. The van der Waals surface area contributed by atoms with Crippen LogP contribution in [-0.4, -0.2) is 18.4 Å². The fourth-order valence-corrected chi connectivity index (χ4v) is 2.72. The summed E-state index contributed by atoms with van der Waals surface area (Å²) in [6.07, 6.45) is 0. The largest absolute Gasteiger partial charge is 0.456 e. The van der Waals surface area contributed by atoms with Gasteiger partial charge in [-0.3, -0.25) is 9.59 Å². The highest BCUT2D eigenvalue weighted by molar-refractivity contribution is 6.32. The summed E-state index contributed by atoms with van der Waals surface area (Å²) in [5.74, 6) is 0.553. The van der Waals surface area contributed by atoms with Gasteiger partial charge in [0.05, 0.1) is 11.6 Å². The van der Waals surface area contributed by atoms with E-state index in [0.29, 0.717) is 27.8 Å². The summed E-state index contributed by atoms with van der Waals surface area (Å²) in [6, 6.07) is 21.3. The normalized spacial score (nSPS) is 10.2. The molecule has 0 aliphatic rings. The van der Waals surface area contributed by atoms with E-state index in [1.165, 1.54) is 0 Å². The van der Waals surface area contributed by atoms with Crippen LogP contribution in [0.4, 0.5) is 5.69 Å². The van der Waals surface area contributed by atoms with Crippen molar-refractivity contribution >= 4 is 29.1 Å². The monoisotopic (exact) mass is 394 g/mol. The van der Waals surface area contributed by atoms with E-state index >= 15 is 0 Å². The molecule has 0 saturated heterocycles. The Bertz CT molecular complexity index is 987. The van der Waals surface area contributed by atoms with Crippen molar-refractivity contribution in [2.45, 2.75) is 6.92 Å². The molecular weight excluding hydrogens is 376 g/mol. The van der Waals surface area contributed by atoms with Gasteiger partial charge in [-0.05, 0) is 55.0 Å². The number of para-hydroxylation sites is 1. The van der Waals surface area contributed by atoms with E-state index in [1.54, 1.807) is 48.5 Å². The van der Waals surface area contributed by atoms with E-state index in [-0.39, 0.29) is 18.4 Å². The fourth-order valence-electron chi connectivity index (χ4n) is 2.55. The molecule has 0 unspecified atom stereocenters. The van der Waals surface area contributed by atoms with Gasteiger partial charge < -0.3 is 15.4 Å². The molecule has 0 heterocycles. The SMILES string of the molecule is Cc1ccccc1C(=O)NCC(=O)Nc1ccc(Oc2ccccc2Cl)cc1. The van der Waals surface area contributed by atoms with Crippen molar-refractivity contribution in [2.75, 3.05) is 11.9 Å². The van der Waals surface area contributed by atoms with Crippen molar-refractivity contribution in [3.05, 3.63) is 88.9 Å². The zero-order chi connectivity index (χ0) is 19.9. The molecule has 0 fully saturated rings. The Morgan fingerprint density at radius 2 is 1.61 bits per heavy atom. The first kappa shape index (κ1) is 19.5. The highest BCUT2D eigenvalue weighted by Gasteiger charge is 2.10. The summed E-state index contributed by atoms with van der Waals surface area (Å²) in [7, 11) is 0. The lowest BCUT2D eigenvalue weighted by Crippen LogP contribution is -2.33. The quantitative estimate of drug-likeness (QED) is 0.630. The summed E-state index contributed by atoms with van der Waals surface area (Å²) >= 11 is 6.07. The molecule has 3 rings (SSSR count). The van der Waals surface area contributed by atoms with Crippen LogP contribution in [0.3, 0.4) is 0 Å². The average molecular weight is 395 g/mol. The maximum atomic E-state index is 12.1. The standard InChI is InChI=1S/C22H19ClN2O3/c1-15-6-2-3-7-18(15)22(27)24-14-21(26)25-16-10-12-17(13-11-16)28-20-9-5-4-8-19(20)23/h2-13H,14H2,1H3,(H,24,27)(H,25,26). The third kappa shape index (κ3) is 5.11. The number of hydrogen-bond acceptors (Lipinski definition) is 3. The summed E-state index contributed by atoms with van der Waals surface area (Å²) in [4.78, 5) is 24.2. The number of carbonyl (C=O) groups excluding carboxylic acids is 2. The molecule has 2 N–H and O–H groups in total. The molecule has 0 aliphatic carbocycles. The molecule has 2 amide bonds. The van der Waals surface area contributed by atoms with E-state index in [9.17, 15) is 9.59 Å². The van der Waals surface area contributed by atoms with Gasteiger partial charge in [-0.1, -0.05) is 41.9 Å². The second-order valence-corrected chi connectivity index (χ2v) is 6.51. The van der Waals surface area contributed by atoms with Gasteiger partial charge >= 0.3 is 0 Å². The van der Waals surface area contributed by atoms with Crippen LogP contribution in [0.2, 0.25) is 5.02 Å². The smallest absolute Gasteiger partial charge is 0.251 e. The molecule has 0 saturated carbocycles. The lowest BCUT2D eigenvalue weighted by atomic mass is 10.1. The lowest BCUT2D eigenvalue weighted by Gasteiger charge is -2.10. The van der Waals surface area contributed by atoms with Crippen molar-refractivity contribution in [1.82, 2.24) is 5.32 Å². The number of halogens is 1. The number of nitrogens with one attached hydrogen (secondary N) is 2. The molecule has 0 atom stereocenters. The Hall–Kier alpha value is -3.31. The van der Waals surface area contributed by atoms with Crippen LogP contribution in [-0.2, 0) is 4.79 Å². The van der Waals surface area contributed by atoms with Gasteiger partial charge in [-0.15, -0.1) is 0 Å². The second-order valence-electron chi connectivity index (χ2n) is 6.10. The summed E-state index contributed by atoms with van der Waals surface area (Å²) < 4.78 is 5.71. The van der Waals surface area contributed by atoms with Crippen LogP contribution in [0, 0.1) is 6.92 Å². The maximum absolute atomic E-state index is 12.1. The van der Waals surface area contributed by atoms with Crippen molar-refractivity contribution in [3.63, 3.8) is 0 Å². The number of aryl methyl sites for hydroxylation is 1. The average Bonchev–Trinajstić information content (AvgIpc) is 2.70. The molecule has 0 aliphatic heterocycles. The highest BCUT2D eigenvalue weighted by Crippen LogP contribution is 2.29. The van der Waals surface area contributed by atoms with E-state index in [4.69, 9.17) is 16.3 Å². The third-order valence-electron chi connectivity index (χ3n) is 4.00. The first-order chi connectivity index (χ1) is 13.5. The lowest BCUT2D eigenvalue weighted by molar-refractivity contribution is -0.115. The van der Waals surface area contributed by atoms with Crippen LogP contribution >= 0.6 is 11.6 Å². The fraction of sp³-hybridized carbons (Fsp3) is 0.0909. The zero-order valence-corrected chi connectivity index (χ0v) is 16.0. The summed E-state index contributed by atoms with van der Waals surface area (Å²) in [5.41, 5.74) is 2.01.